The maximum Gasteiger partial charge on any atom is 0.164 e. The van der Waals surface area contributed by atoms with Crippen LogP contribution in [0.5, 0.6) is 0 Å². The summed E-state index contributed by atoms with van der Waals surface area (Å²) in [7, 11) is 0. The van der Waals surface area contributed by atoms with E-state index in [0.717, 1.165) is 55.3 Å². The van der Waals surface area contributed by atoms with Crippen molar-refractivity contribution >= 4 is 53.4 Å². The Bertz CT molecular complexity index is 3240. The summed E-state index contributed by atoms with van der Waals surface area (Å²) >= 11 is 1.86. The van der Waals surface area contributed by atoms with Gasteiger partial charge in [0.15, 0.2) is 17.5 Å². The van der Waals surface area contributed by atoms with Crippen molar-refractivity contribution in [2.24, 2.45) is 0 Å². The summed E-state index contributed by atoms with van der Waals surface area (Å²) in [6, 6.07) is 65.6. The van der Waals surface area contributed by atoms with E-state index in [1.807, 2.05) is 47.7 Å². The van der Waals surface area contributed by atoms with E-state index in [2.05, 4.69) is 152 Å². The zero-order valence-electron chi connectivity index (χ0n) is 30.1. The smallest absolute Gasteiger partial charge is 0.164 e. The van der Waals surface area contributed by atoms with E-state index in [1.165, 1.54) is 36.9 Å². The summed E-state index contributed by atoms with van der Waals surface area (Å²) < 4.78 is 9.14. The molecule has 11 aromatic rings. The number of fused-ring (bicyclic) bond motifs is 6. The van der Waals surface area contributed by atoms with Gasteiger partial charge in [0.25, 0.3) is 0 Å². The van der Waals surface area contributed by atoms with E-state index in [0.29, 0.717) is 17.5 Å². The molecule has 0 radical (unpaired) electrons. The zero-order chi connectivity index (χ0) is 37.0. The first-order chi connectivity index (χ1) is 27.7. The maximum absolute atomic E-state index is 6.55. The Morgan fingerprint density at radius 3 is 1.70 bits per heavy atom. The first-order valence-electron chi connectivity index (χ1n) is 18.7. The number of hydrogen-bond acceptors (Lipinski definition) is 5. The van der Waals surface area contributed by atoms with Crippen LogP contribution in [0.1, 0.15) is 0 Å². The first-order valence-corrected chi connectivity index (χ1v) is 19.5. The van der Waals surface area contributed by atoms with Gasteiger partial charge in [-0.2, -0.15) is 0 Å². The second kappa shape index (κ2) is 13.3. The Morgan fingerprint density at radius 1 is 0.339 bits per heavy atom. The average Bonchev–Trinajstić information content (AvgIpc) is 3.85. The average molecular weight is 734 g/mol. The molecule has 0 saturated carbocycles. The molecular weight excluding hydrogens is 703 g/mol. The van der Waals surface area contributed by atoms with Gasteiger partial charge in [-0.1, -0.05) is 152 Å². The summed E-state index contributed by atoms with van der Waals surface area (Å²) in [6.07, 6.45) is 0. The Labute approximate surface area is 327 Å². The third kappa shape index (κ3) is 5.56. The number of thiophene rings is 1. The summed E-state index contributed by atoms with van der Waals surface area (Å²) in [5.41, 5.74) is 11.4. The second-order valence-corrected chi connectivity index (χ2v) is 15.0. The normalized spacial score (nSPS) is 11.6. The number of aromatic nitrogens is 3. The third-order valence-electron chi connectivity index (χ3n) is 10.5. The van der Waals surface area contributed by atoms with Crippen LogP contribution in [0.3, 0.4) is 0 Å². The molecule has 0 N–H and O–H groups in total. The molecule has 3 aromatic heterocycles. The van der Waals surface area contributed by atoms with Crippen LogP contribution in [0.15, 0.2) is 192 Å². The SMILES string of the molecule is c1ccc(-c2cccc(-c3nc(-c4ccccc4)nc(-c4ccc5c(c4)oc4ccc(-c6ccc(-c7ccccc7)c7sc8ccccc8c67)cc45)n3)c2)cc1. The van der Waals surface area contributed by atoms with Gasteiger partial charge in [-0.15, -0.1) is 11.3 Å². The van der Waals surface area contributed by atoms with Gasteiger partial charge in [-0.3, -0.25) is 0 Å². The van der Waals surface area contributed by atoms with E-state index in [9.17, 15) is 0 Å². The lowest BCUT2D eigenvalue weighted by atomic mass is 9.94. The fourth-order valence-corrected chi connectivity index (χ4v) is 9.08. The van der Waals surface area contributed by atoms with Gasteiger partial charge in [-0.25, -0.2) is 15.0 Å². The monoisotopic (exact) mass is 733 g/mol. The maximum atomic E-state index is 6.55. The molecule has 0 spiro atoms. The summed E-state index contributed by atoms with van der Waals surface area (Å²) in [6.45, 7) is 0. The lowest BCUT2D eigenvalue weighted by Gasteiger charge is -2.10. The van der Waals surface area contributed by atoms with Crippen molar-refractivity contribution in [1.82, 2.24) is 15.0 Å². The number of nitrogens with zero attached hydrogens (tertiary/aromatic N) is 3. The van der Waals surface area contributed by atoms with Gasteiger partial charge < -0.3 is 4.42 Å². The molecule has 0 saturated heterocycles. The molecule has 0 aliphatic heterocycles. The van der Waals surface area contributed by atoms with Gasteiger partial charge in [0, 0.05) is 47.6 Å². The molecule has 0 aliphatic carbocycles. The fourth-order valence-electron chi connectivity index (χ4n) is 7.82. The molecule has 0 aliphatic rings. The largest absolute Gasteiger partial charge is 0.456 e. The van der Waals surface area contributed by atoms with Crippen molar-refractivity contribution in [3.05, 3.63) is 188 Å². The van der Waals surface area contributed by atoms with Crippen molar-refractivity contribution in [2.45, 2.75) is 0 Å². The van der Waals surface area contributed by atoms with Crippen molar-refractivity contribution in [1.29, 1.82) is 0 Å². The van der Waals surface area contributed by atoms with Crippen LogP contribution in [-0.2, 0) is 0 Å². The lowest BCUT2D eigenvalue weighted by Crippen LogP contribution is -2.00. The van der Waals surface area contributed by atoms with E-state index in [-0.39, 0.29) is 0 Å². The predicted molar refractivity (Wildman–Crippen MR) is 233 cm³/mol. The molecule has 11 rings (SSSR count). The van der Waals surface area contributed by atoms with Gasteiger partial charge in [0.1, 0.15) is 11.2 Å². The molecule has 0 atom stereocenters. The minimum Gasteiger partial charge on any atom is -0.456 e. The number of hydrogen-bond donors (Lipinski definition) is 0. The zero-order valence-corrected chi connectivity index (χ0v) is 30.9. The molecule has 5 heteroatoms. The van der Waals surface area contributed by atoms with E-state index >= 15 is 0 Å². The van der Waals surface area contributed by atoms with Gasteiger partial charge >= 0.3 is 0 Å². The summed E-state index contributed by atoms with van der Waals surface area (Å²) in [5.74, 6) is 1.83. The number of benzene rings is 8. The third-order valence-corrected chi connectivity index (χ3v) is 11.8. The van der Waals surface area contributed by atoms with Crippen LogP contribution in [0.4, 0.5) is 0 Å². The van der Waals surface area contributed by atoms with Crippen molar-refractivity contribution in [3.63, 3.8) is 0 Å². The van der Waals surface area contributed by atoms with Crippen LogP contribution in [0, 0.1) is 0 Å². The van der Waals surface area contributed by atoms with E-state index in [4.69, 9.17) is 19.4 Å². The minimum absolute atomic E-state index is 0.590. The highest BCUT2D eigenvalue weighted by Gasteiger charge is 2.18. The lowest BCUT2D eigenvalue weighted by molar-refractivity contribution is 0.669. The quantitative estimate of drug-likeness (QED) is 0.171. The van der Waals surface area contributed by atoms with Crippen molar-refractivity contribution in [3.8, 4) is 67.5 Å². The highest BCUT2D eigenvalue weighted by molar-refractivity contribution is 7.26. The molecule has 0 unspecified atom stereocenters. The first kappa shape index (κ1) is 32.2. The molecule has 262 valence electrons. The Kier molecular flexibility index (Phi) is 7.64. The van der Waals surface area contributed by atoms with Crippen LogP contribution in [-0.4, -0.2) is 15.0 Å². The Balaban J connectivity index is 1.03. The van der Waals surface area contributed by atoms with Crippen LogP contribution in [0.2, 0.25) is 0 Å². The summed E-state index contributed by atoms with van der Waals surface area (Å²) in [4.78, 5) is 15.1. The summed E-state index contributed by atoms with van der Waals surface area (Å²) in [5, 5.41) is 4.69. The van der Waals surface area contributed by atoms with Crippen molar-refractivity contribution < 1.29 is 4.42 Å². The van der Waals surface area contributed by atoms with Gasteiger partial charge in [-0.05, 0) is 69.8 Å². The predicted octanol–water partition coefficient (Wildman–Crippen LogP) is 14.1. The minimum atomic E-state index is 0.590. The van der Waals surface area contributed by atoms with Crippen LogP contribution < -0.4 is 0 Å². The number of rotatable bonds is 6. The second-order valence-electron chi connectivity index (χ2n) is 14.0. The molecule has 8 aromatic carbocycles. The van der Waals surface area contributed by atoms with Crippen LogP contribution >= 0.6 is 11.3 Å². The fraction of sp³-hybridized carbons (Fsp3) is 0. The van der Waals surface area contributed by atoms with E-state index < -0.39 is 0 Å². The Hall–Kier alpha value is -7.21. The molecule has 3 heterocycles. The van der Waals surface area contributed by atoms with Gasteiger partial charge in [0.2, 0.25) is 0 Å². The van der Waals surface area contributed by atoms with Crippen molar-refractivity contribution in [2.75, 3.05) is 0 Å². The highest BCUT2D eigenvalue weighted by atomic mass is 32.1. The van der Waals surface area contributed by atoms with E-state index in [1.54, 1.807) is 0 Å². The van der Waals surface area contributed by atoms with Crippen LogP contribution in [0.25, 0.3) is 110 Å². The van der Waals surface area contributed by atoms with Gasteiger partial charge in [0.05, 0.1) is 0 Å². The topological polar surface area (TPSA) is 51.8 Å². The molecular formula is C51H31N3OS. The molecule has 0 amide bonds. The molecule has 4 nitrogen and oxygen atoms in total. The number of furan rings is 1. The highest BCUT2D eigenvalue weighted by Crippen LogP contribution is 2.45. The Morgan fingerprint density at radius 2 is 0.929 bits per heavy atom. The molecule has 0 fully saturated rings. The molecule has 0 bridgehead atoms. The molecule has 56 heavy (non-hydrogen) atoms. The standard InChI is InChI=1S/C51H31N3OS/c1-4-13-32(14-5-1)35-19-12-20-37(29-35)50-52-49(34-17-8-3-9-18-34)53-51(54-50)38-23-25-41-43-30-36(24-28-44(43)55-45(41)31-38)39-26-27-40(33-15-6-2-7-16-33)48-47(39)42-21-10-11-22-46(42)56-48/h1-31H.